The molecule has 0 spiro atoms. The van der Waals surface area contributed by atoms with Gasteiger partial charge in [-0.25, -0.2) is 0 Å². The Kier molecular flexibility index (Phi) is 3.20. The third kappa shape index (κ3) is 2.50. The summed E-state index contributed by atoms with van der Waals surface area (Å²) < 4.78 is 0. The van der Waals surface area contributed by atoms with Gasteiger partial charge in [-0.05, 0) is 36.5 Å². The van der Waals surface area contributed by atoms with Crippen LogP contribution in [0.25, 0.3) is 0 Å². The Morgan fingerprint density at radius 1 is 1.08 bits per heavy atom. The van der Waals surface area contributed by atoms with E-state index in [1.165, 1.54) is 32.1 Å². The molecule has 0 aromatic carbocycles. The average molecular weight is 168 g/mol. The van der Waals surface area contributed by atoms with Crippen LogP contribution in [0.1, 0.15) is 59.8 Å². The van der Waals surface area contributed by atoms with Crippen LogP contribution in [0, 0.1) is 17.3 Å². The molecule has 0 aromatic heterocycles. The molecule has 0 radical (unpaired) electrons. The number of hydrogen-bond acceptors (Lipinski definition) is 0. The first-order chi connectivity index (χ1) is 5.57. The highest BCUT2D eigenvalue weighted by molar-refractivity contribution is 4.94. The monoisotopic (exact) mass is 168 g/mol. The quantitative estimate of drug-likeness (QED) is 0.575. The van der Waals surface area contributed by atoms with Gasteiger partial charge in [-0.3, -0.25) is 0 Å². The molecule has 0 amide bonds. The van der Waals surface area contributed by atoms with E-state index in [0.717, 1.165) is 17.3 Å². The molecule has 0 nitrogen and oxygen atoms in total. The van der Waals surface area contributed by atoms with E-state index in [0.29, 0.717) is 0 Å². The van der Waals surface area contributed by atoms with Gasteiger partial charge in [-0.1, -0.05) is 40.5 Å². The summed E-state index contributed by atoms with van der Waals surface area (Å²) >= 11 is 0. The summed E-state index contributed by atoms with van der Waals surface area (Å²) in [4.78, 5) is 0. The molecule has 1 rings (SSSR count). The zero-order valence-corrected chi connectivity index (χ0v) is 9.19. The Morgan fingerprint density at radius 2 is 1.67 bits per heavy atom. The second-order valence-electron chi connectivity index (χ2n) is 5.30. The van der Waals surface area contributed by atoms with E-state index in [-0.39, 0.29) is 0 Å². The van der Waals surface area contributed by atoms with E-state index < -0.39 is 0 Å². The smallest absolute Gasteiger partial charge is 0.0274 e. The third-order valence-corrected chi connectivity index (χ3v) is 3.57. The van der Waals surface area contributed by atoms with Crippen LogP contribution in [-0.2, 0) is 0 Å². The SMILES string of the molecule is CC(C)CCCC1(C(C)C)CC1. The summed E-state index contributed by atoms with van der Waals surface area (Å²) in [6.07, 6.45) is 7.37. The van der Waals surface area contributed by atoms with E-state index in [2.05, 4.69) is 27.7 Å². The van der Waals surface area contributed by atoms with Crippen molar-refractivity contribution in [1.82, 2.24) is 0 Å². The van der Waals surface area contributed by atoms with E-state index in [1.807, 2.05) is 0 Å². The molecule has 72 valence electrons. The standard InChI is InChI=1S/C12H24/c1-10(2)6-5-7-12(8-9-12)11(3)4/h10-11H,5-9H2,1-4H3. The Hall–Kier alpha value is 0. The first kappa shape index (κ1) is 10.1. The summed E-state index contributed by atoms with van der Waals surface area (Å²) in [5, 5.41) is 0. The van der Waals surface area contributed by atoms with Crippen molar-refractivity contribution >= 4 is 0 Å². The molecule has 1 aliphatic carbocycles. The van der Waals surface area contributed by atoms with Crippen molar-refractivity contribution in [3.05, 3.63) is 0 Å². The molecule has 0 atom stereocenters. The van der Waals surface area contributed by atoms with E-state index in [4.69, 9.17) is 0 Å². The van der Waals surface area contributed by atoms with Crippen LogP contribution >= 0.6 is 0 Å². The van der Waals surface area contributed by atoms with Crippen LogP contribution in [0.2, 0.25) is 0 Å². The maximum absolute atomic E-state index is 2.39. The van der Waals surface area contributed by atoms with Crippen LogP contribution in [-0.4, -0.2) is 0 Å². The number of hydrogen-bond donors (Lipinski definition) is 0. The second-order valence-corrected chi connectivity index (χ2v) is 5.30. The second kappa shape index (κ2) is 3.81. The zero-order valence-electron chi connectivity index (χ0n) is 9.19. The lowest BCUT2D eigenvalue weighted by atomic mass is 9.86. The topological polar surface area (TPSA) is 0 Å². The van der Waals surface area contributed by atoms with Gasteiger partial charge in [0.05, 0.1) is 0 Å². The maximum Gasteiger partial charge on any atom is -0.0274 e. The molecule has 1 aliphatic rings. The summed E-state index contributed by atoms with van der Waals surface area (Å²) in [5.74, 6) is 1.82. The summed E-state index contributed by atoms with van der Waals surface area (Å²) in [7, 11) is 0. The molecule has 1 saturated carbocycles. The molecule has 0 aromatic rings. The minimum Gasteiger partial charge on any atom is -0.0628 e. The van der Waals surface area contributed by atoms with Gasteiger partial charge in [0.2, 0.25) is 0 Å². The lowest BCUT2D eigenvalue weighted by Gasteiger charge is -2.19. The first-order valence-electron chi connectivity index (χ1n) is 5.57. The van der Waals surface area contributed by atoms with Gasteiger partial charge in [0, 0.05) is 0 Å². The van der Waals surface area contributed by atoms with Crippen LogP contribution in [0.3, 0.4) is 0 Å². The molecule has 0 heteroatoms. The molecule has 0 N–H and O–H groups in total. The van der Waals surface area contributed by atoms with Crippen molar-refractivity contribution in [3.8, 4) is 0 Å². The third-order valence-electron chi connectivity index (χ3n) is 3.57. The Balaban J connectivity index is 2.14. The average Bonchev–Trinajstić information content (AvgIpc) is 2.68. The largest absolute Gasteiger partial charge is 0.0628 e. The van der Waals surface area contributed by atoms with Gasteiger partial charge in [0.15, 0.2) is 0 Å². The van der Waals surface area contributed by atoms with Gasteiger partial charge in [-0.15, -0.1) is 0 Å². The number of rotatable bonds is 5. The molecule has 0 heterocycles. The molecular weight excluding hydrogens is 144 g/mol. The molecular formula is C12H24. The maximum atomic E-state index is 2.39. The lowest BCUT2D eigenvalue weighted by molar-refractivity contribution is 0.314. The van der Waals surface area contributed by atoms with Crippen molar-refractivity contribution in [2.75, 3.05) is 0 Å². The van der Waals surface area contributed by atoms with Crippen LogP contribution < -0.4 is 0 Å². The summed E-state index contributed by atoms with van der Waals surface area (Å²) in [6, 6.07) is 0. The Labute approximate surface area is 77.7 Å². The van der Waals surface area contributed by atoms with Crippen molar-refractivity contribution in [2.24, 2.45) is 17.3 Å². The minimum absolute atomic E-state index is 0.787. The zero-order chi connectivity index (χ0) is 9.19. The summed E-state index contributed by atoms with van der Waals surface area (Å²) in [6.45, 7) is 9.44. The highest BCUT2D eigenvalue weighted by Gasteiger charge is 2.44. The van der Waals surface area contributed by atoms with E-state index in [9.17, 15) is 0 Å². The predicted octanol–water partition coefficient (Wildman–Crippen LogP) is 4.25. The fourth-order valence-electron chi connectivity index (χ4n) is 2.14. The summed E-state index contributed by atoms with van der Waals surface area (Å²) in [5.41, 5.74) is 0.787. The Morgan fingerprint density at radius 3 is 2.00 bits per heavy atom. The van der Waals surface area contributed by atoms with Crippen molar-refractivity contribution in [2.45, 2.75) is 59.8 Å². The van der Waals surface area contributed by atoms with Crippen molar-refractivity contribution in [1.29, 1.82) is 0 Å². The first-order valence-corrected chi connectivity index (χ1v) is 5.57. The fraction of sp³-hybridized carbons (Fsp3) is 1.00. The predicted molar refractivity (Wildman–Crippen MR) is 55.2 cm³/mol. The highest BCUT2D eigenvalue weighted by atomic mass is 14.5. The Bertz CT molecular complexity index is 129. The van der Waals surface area contributed by atoms with Gasteiger partial charge in [-0.2, -0.15) is 0 Å². The normalized spacial score (nSPS) is 20.5. The molecule has 0 unspecified atom stereocenters. The van der Waals surface area contributed by atoms with Crippen molar-refractivity contribution < 1.29 is 0 Å². The fourth-order valence-corrected chi connectivity index (χ4v) is 2.14. The molecule has 0 bridgehead atoms. The van der Waals surface area contributed by atoms with Gasteiger partial charge in [0.1, 0.15) is 0 Å². The molecule has 12 heavy (non-hydrogen) atoms. The van der Waals surface area contributed by atoms with Gasteiger partial charge < -0.3 is 0 Å². The lowest BCUT2D eigenvalue weighted by Crippen LogP contribution is -2.09. The van der Waals surface area contributed by atoms with Crippen molar-refractivity contribution in [3.63, 3.8) is 0 Å². The van der Waals surface area contributed by atoms with Crippen LogP contribution in [0.4, 0.5) is 0 Å². The van der Waals surface area contributed by atoms with Gasteiger partial charge in [0.25, 0.3) is 0 Å². The molecule has 1 fully saturated rings. The molecule has 0 saturated heterocycles. The van der Waals surface area contributed by atoms with Crippen LogP contribution in [0.15, 0.2) is 0 Å². The minimum atomic E-state index is 0.787. The van der Waals surface area contributed by atoms with E-state index >= 15 is 0 Å². The highest BCUT2D eigenvalue weighted by Crippen LogP contribution is 2.55. The molecule has 0 aliphatic heterocycles. The van der Waals surface area contributed by atoms with E-state index in [1.54, 1.807) is 0 Å². The van der Waals surface area contributed by atoms with Gasteiger partial charge >= 0.3 is 0 Å². The van der Waals surface area contributed by atoms with Crippen LogP contribution in [0.5, 0.6) is 0 Å².